The van der Waals surface area contributed by atoms with Crippen molar-refractivity contribution in [3.8, 4) is 0 Å². The summed E-state index contributed by atoms with van der Waals surface area (Å²) in [5, 5.41) is 21.8. The standard InChI is InChI=1S/C23H30O4S2/c1-23(2)26-21(19(24)13-15-5-9-17(28-3)10-6-15)22(27-23)20(25)14-16-7-11-18(29-4)12-8-16/h5-12,19-22,24-25H,13-14H2,1-4H3/t19-,20-,21-,22-/m0/s1. The first-order valence-electron chi connectivity index (χ1n) is 9.79. The minimum absolute atomic E-state index is 0.449. The second kappa shape index (κ2) is 9.86. The summed E-state index contributed by atoms with van der Waals surface area (Å²) in [7, 11) is 0. The molecule has 0 unspecified atom stereocenters. The first kappa shape index (κ1) is 22.7. The van der Waals surface area contributed by atoms with E-state index in [2.05, 4.69) is 0 Å². The zero-order valence-corrected chi connectivity index (χ0v) is 19.0. The van der Waals surface area contributed by atoms with Crippen LogP contribution in [0.25, 0.3) is 0 Å². The van der Waals surface area contributed by atoms with E-state index in [0.717, 1.165) is 11.1 Å². The number of aliphatic hydroxyl groups is 2. The lowest BCUT2D eigenvalue weighted by Gasteiger charge is -2.26. The van der Waals surface area contributed by atoms with E-state index < -0.39 is 30.2 Å². The molecule has 0 aromatic heterocycles. The van der Waals surface area contributed by atoms with Gasteiger partial charge in [-0.15, -0.1) is 23.5 Å². The molecule has 1 fully saturated rings. The highest BCUT2D eigenvalue weighted by Gasteiger charge is 2.47. The van der Waals surface area contributed by atoms with E-state index in [4.69, 9.17) is 9.47 Å². The monoisotopic (exact) mass is 434 g/mol. The van der Waals surface area contributed by atoms with Gasteiger partial charge in [-0.3, -0.25) is 0 Å². The maximum absolute atomic E-state index is 10.9. The van der Waals surface area contributed by atoms with Crippen molar-refractivity contribution in [3.63, 3.8) is 0 Å². The number of thioether (sulfide) groups is 2. The molecule has 0 radical (unpaired) electrons. The molecule has 1 aliphatic rings. The van der Waals surface area contributed by atoms with Gasteiger partial charge in [0.1, 0.15) is 12.2 Å². The summed E-state index contributed by atoms with van der Waals surface area (Å²) >= 11 is 3.37. The molecule has 2 aromatic carbocycles. The van der Waals surface area contributed by atoms with Crippen molar-refractivity contribution in [1.82, 2.24) is 0 Å². The van der Waals surface area contributed by atoms with E-state index in [1.165, 1.54) is 9.79 Å². The van der Waals surface area contributed by atoms with E-state index in [9.17, 15) is 10.2 Å². The molecule has 0 bridgehead atoms. The van der Waals surface area contributed by atoms with E-state index >= 15 is 0 Å². The Morgan fingerprint density at radius 3 is 1.41 bits per heavy atom. The molecule has 0 spiro atoms. The third-order valence-electron chi connectivity index (χ3n) is 5.13. The molecular weight excluding hydrogens is 404 g/mol. The molecular formula is C23H30O4S2. The van der Waals surface area contributed by atoms with Crippen LogP contribution in [-0.2, 0) is 22.3 Å². The minimum Gasteiger partial charge on any atom is -0.390 e. The average Bonchev–Trinajstić information content (AvgIpc) is 3.05. The Labute approximate surface area is 182 Å². The van der Waals surface area contributed by atoms with E-state index in [-0.39, 0.29) is 0 Å². The molecule has 6 heteroatoms. The lowest BCUT2D eigenvalue weighted by atomic mass is 9.94. The van der Waals surface area contributed by atoms with Gasteiger partial charge in [-0.05, 0) is 61.8 Å². The Morgan fingerprint density at radius 1 is 0.759 bits per heavy atom. The van der Waals surface area contributed by atoms with Crippen molar-refractivity contribution in [2.24, 2.45) is 0 Å². The molecule has 158 valence electrons. The largest absolute Gasteiger partial charge is 0.390 e. The van der Waals surface area contributed by atoms with Crippen LogP contribution in [0.15, 0.2) is 58.3 Å². The van der Waals surface area contributed by atoms with Crippen LogP contribution in [0.2, 0.25) is 0 Å². The van der Waals surface area contributed by atoms with E-state index in [1.54, 1.807) is 23.5 Å². The average molecular weight is 435 g/mol. The van der Waals surface area contributed by atoms with Crippen molar-refractivity contribution in [2.75, 3.05) is 12.5 Å². The van der Waals surface area contributed by atoms with Crippen LogP contribution in [0.1, 0.15) is 25.0 Å². The molecule has 2 N–H and O–H groups in total. The molecule has 4 atom stereocenters. The van der Waals surface area contributed by atoms with Crippen molar-refractivity contribution >= 4 is 23.5 Å². The quantitative estimate of drug-likeness (QED) is 0.609. The van der Waals surface area contributed by atoms with Crippen LogP contribution < -0.4 is 0 Å². The summed E-state index contributed by atoms with van der Waals surface area (Å²) in [6, 6.07) is 16.3. The highest BCUT2D eigenvalue weighted by atomic mass is 32.2. The first-order chi connectivity index (χ1) is 13.8. The van der Waals surface area contributed by atoms with Gasteiger partial charge in [-0.2, -0.15) is 0 Å². The Kier molecular flexibility index (Phi) is 7.70. The van der Waals surface area contributed by atoms with E-state index in [0.29, 0.717) is 12.8 Å². The summed E-state index contributed by atoms with van der Waals surface area (Å²) in [6.07, 6.45) is 2.25. The first-order valence-corrected chi connectivity index (χ1v) is 12.2. The van der Waals surface area contributed by atoms with Crippen molar-refractivity contribution in [3.05, 3.63) is 59.7 Å². The molecule has 0 amide bonds. The molecule has 4 nitrogen and oxygen atoms in total. The zero-order chi connectivity index (χ0) is 21.0. The topological polar surface area (TPSA) is 58.9 Å². The van der Waals surface area contributed by atoms with Gasteiger partial charge in [0.15, 0.2) is 5.79 Å². The Morgan fingerprint density at radius 2 is 1.10 bits per heavy atom. The van der Waals surface area contributed by atoms with Gasteiger partial charge in [0.05, 0.1) is 12.2 Å². The van der Waals surface area contributed by atoms with Crippen LogP contribution in [0, 0.1) is 0 Å². The van der Waals surface area contributed by atoms with Gasteiger partial charge < -0.3 is 19.7 Å². The lowest BCUT2D eigenvalue weighted by Crippen LogP contribution is -2.44. The predicted octanol–water partition coefficient (Wildman–Crippen LogP) is 4.16. The van der Waals surface area contributed by atoms with Gasteiger partial charge in [0.2, 0.25) is 0 Å². The number of benzene rings is 2. The fourth-order valence-corrected chi connectivity index (χ4v) is 4.47. The summed E-state index contributed by atoms with van der Waals surface area (Å²) in [5.74, 6) is -0.845. The van der Waals surface area contributed by atoms with Gasteiger partial charge in [0, 0.05) is 22.6 Å². The van der Waals surface area contributed by atoms with Crippen LogP contribution in [0.3, 0.4) is 0 Å². The van der Waals surface area contributed by atoms with Crippen LogP contribution in [-0.4, -0.2) is 52.9 Å². The molecule has 0 saturated carbocycles. The fraction of sp³-hybridized carbons (Fsp3) is 0.478. The summed E-state index contributed by atoms with van der Waals surface area (Å²) in [5.41, 5.74) is 2.06. The number of hydrogen-bond acceptors (Lipinski definition) is 6. The van der Waals surface area contributed by atoms with Gasteiger partial charge in [-0.1, -0.05) is 24.3 Å². The Hall–Kier alpha value is -1.02. The summed E-state index contributed by atoms with van der Waals surface area (Å²) in [4.78, 5) is 2.37. The maximum Gasteiger partial charge on any atom is 0.164 e. The lowest BCUT2D eigenvalue weighted by molar-refractivity contribution is -0.160. The predicted molar refractivity (Wildman–Crippen MR) is 120 cm³/mol. The van der Waals surface area contributed by atoms with E-state index in [1.807, 2.05) is 74.9 Å². The number of ether oxygens (including phenoxy) is 2. The maximum atomic E-state index is 10.9. The molecule has 1 aliphatic heterocycles. The summed E-state index contributed by atoms with van der Waals surface area (Å²) < 4.78 is 12.0. The number of hydrogen-bond donors (Lipinski definition) is 2. The molecule has 29 heavy (non-hydrogen) atoms. The Bertz CT molecular complexity index is 711. The second-order valence-corrected chi connectivity index (χ2v) is 9.56. The van der Waals surface area contributed by atoms with Crippen LogP contribution in [0.4, 0.5) is 0 Å². The fourth-order valence-electron chi connectivity index (χ4n) is 3.65. The van der Waals surface area contributed by atoms with Crippen molar-refractivity contribution in [1.29, 1.82) is 0 Å². The second-order valence-electron chi connectivity index (χ2n) is 7.80. The Balaban J connectivity index is 1.69. The molecule has 0 aliphatic carbocycles. The molecule has 1 saturated heterocycles. The van der Waals surface area contributed by atoms with Gasteiger partial charge in [-0.25, -0.2) is 0 Å². The highest BCUT2D eigenvalue weighted by molar-refractivity contribution is 7.98. The van der Waals surface area contributed by atoms with Crippen molar-refractivity contribution in [2.45, 2.75) is 66.7 Å². The zero-order valence-electron chi connectivity index (χ0n) is 17.4. The highest BCUT2D eigenvalue weighted by Crippen LogP contribution is 2.33. The normalized spacial score (nSPS) is 23.1. The third kappa shape index (κ3) is 6.00. The third-order valence-corrected chi connectivity index (χ3v) is 6.62. The van der Waals surface area contributed by atoms with Crippen molar-refractivity contribution < 1.29 is 19.7 Å². The number of rotatable bonds is 8. The SMILES string of the molecule is CSc1ccc(C[C@H](O)[C@@H]2OC(C)(C)O[C@H]2[C@@H](O)Cc2ccc(SC)cc2)cc1. The van der Waals surface area contributed by atoms with Gasteiger partial charge >= 0.3 is 0 Å². The smallest absolute Gasteiger partial charge is 0.164 e. The van der Waals surface area contributed by atoms with Crippen LogP contribution >= 0.6 is 23.5 Å². The number of aliphatic hydroxyl groups excluding tert-OH is 2. The van der Waals surface area contributed by atoms with Crippen LogP contribution in [0.5, 0.6) is 0 Å². The minimum atomic E-state index is -0.845. The molecule has 3 rings (SSSR count). The summed E-state index contributed by atoms with van der Waals surface area (Å²) in [6.45, 7) is 3.64. The molecule has 2 aromatic rings. The van der Waals surface area contributed by atoms with Gasteiger partial charge in [0.25, 0.3) is 0 Å². The molecule has 1 heterocycles.